The van der Waals surface area contributed by atoms with Crippen LogP contribution >= 0.6 is 0 Å². The number of aliphatic carboxylic acids is 1. The predicted molar refractivity (Wildman–Crippen MR) is 56.9 cm³/mol. The summed E-state index contributed by atoms with van der Waals surface area (Å²) in [7, 11) is 0. The molecule has 0 unspecified atom stereocenters. The average molecular weight is 225 g/mol. The molecule has 16 heavy (non-hydrogen) atoms. The number of carboxylic acids is 1. The van der Waals surface area contributed by atoms with Gasteiger partial charge >= 0.3 is 5.97 Å². The summed E-state index contributed by atoms with van der Waals surface area (Å²) in [4.78, 5) is 21.4. The van der Waals surface area contributed by atoms with Crippen molar-refractivity contribution in [2.75, 3.05) is 6.54 Å². The van der Waals surface area contributed by atoms with Gasteiger partial charge in [0.05, 0.1) is 6.26 Å². The zero-order chi connectivity index (χ0) is 11.8. The largest absolute Gasteiger partial charge is 0.481 e. The van der Waals surface area contributed by atoms with E-state index in [4.69, 9.17) is 9.52 Å². The maximum Gasteiger partial charge on any atom is 0.303 e. The Hall–Kier alpha value is -1.78. The van der Waals surface area contributed by atoms with Crippen molar-refractivity contribution in [2.45, 2.75) is 25.7 Å². The van der Waals surface area contributed by atoms with Crippen molar-refractivity contribution in [1.82, 2.24) is 5.32 Å². The lowest BCUT2D eigenvalue weighted by molar-refractivity contribution is -0.137. The number of furan rings is 1. The number of hydrogen-bond acceptors (Lipinski definition) is 3. The third-order valence-corrected chi connectivity index (χ3v) is 2.07. The van der Waals surface area contributed by atoms with E-state index in [0.29, 0.717) is 19.4 Å². The van der Waals surface area contributed by atoms with Gasteiger partial charge in [-0.2, -0.15) is 0 Å². The van der Waals surface area contributed by atoms with Crippen molar-refractivity contribution in [3.05, 3.63) is 24.2 Å². The smallest absolute Gasteiger partial charge is 0.303 e. The van der Waals surface area contributed by atoms with Crippen LogP contribution in [0.4, 0.5) is 0 Å². The minimum Gasteiger partial charge on any atom is -0.481 e. The Morgan fingerprint density at radius 1 is 1.38 bits per heavy atom. The van der Waals surface area contributed by atoms with Crippen LogP contribution in [-0.2, 0) is 16.0 Å². The minimum atomic E-state index is -0.872. The molecule has 1 amide bonds. The highest BCUT2D eigenvalue weighted by Gasteiger charge is 2.03. The second kappa shape index (κ2) is 6.66. The van der Waals surface area contributed by atoms with Crippen LogP contribution in [-0.4, -0.2) is 23.5 Å². The molecule has 0 spiro atoms. The van der Waals surface area contributed by atoms with Gasteiger partial charge in [0, 0.05) is 25.8 Å². The van der Waals surface area contributed by atoms with Gasteiger partial charge in [0.15, 0.2) is 0 Å². The van der Waals surface area contributed by atoms with Gasteiger partial charge in [0.2, 0.25) is 5.91 Å². The van der Waals surface area contributed by atoms with Crippen molar-refractivity contribution in [3.63, 3.8) is 0 Å². The van der Waals surface area contributed by atoms with E-state index in [1.807, 2.05) is 6.07 Å². The molecule has 1 aromatic heterocycles. The van der Waals surface area contributed by atoms with Crippen LogP contribution < -0.4 is 5.32 Å². The van der Waals surface area contributed by atoms with Crippen LogP contribution in [0.25, 0.3) is 0 Å². The van der Waals surface area contributed by atoms with Crippen LogP contribution in [0.5, 0.6) is 0 Å². The van der Waals surface area contributed by atoms with Gasteiger partial charge in [-0.15, -0.1) is 0 Å². The van der Waals surface area contributed by atoms with Crippen molar-refractivity contribution in [2.24, 2.45) is 0 Å². The quantitative estimate of drug-likeness (QED) is 0.730. The monoisotopic (exact) mass is 225 g/mol. The molecule has 0 aromatic carbocycles. The highest BCUT2D eigenvalue weighted by Crippen LogP contribution is 2.00. The molecule has 2 N–H and O–H groups in total. The van der Waals surface area contributed by atoms with Gasteiger partial charge in [-0.25, -0.2) is 0 Å². The molecule has 0 aliphatic carbocycles. The summed E-state index contributed by atoms with van der Waals surface area (Å²) in [5.74, 6) is -0.165. The Morgan fingerprint density at radius 2 is 2.19 bits per heavy atom. The van der Waals surface area contributed by atoms with Crippen LogP contribution in [0.2, 0.25) is 0 Å². The van der Waals surface area contributed by atoms with Gasteiger partial charge < -0.3 is 14.8 Å². The van der Waals surface area contributed by atoms with E-state index < -0.39 is 5.97 Å². The Morgan fingerprint density at radius 3 is 2.81 bits per heavy atom. The van der Waals surface area contributed by atoms with E-state index in [9.17, 15) is 9.59 Å². The zero-order valence-corrected chi connectivity index (χ0v) is 8.94. The fourth-order valence-corrected chi connectivity index (χ4v) is 1.27. The Kier molecular flexibility index (Phi) is 5.11. The number of hydrogen-bond donors (Lipinski definition) is 2. The van der Waals surface area contributed by atoms with Crippen LogP contribution in [0, 0.1) is 0 Å². The van der Waals surface area contributed by atoms with E-state index in [2.05, 4.69) is 5.32 Å². The fourth-order valence-electron chi connectivity index (χ4n) is 1.27. The molecule has 0 aliphatic rings. The highest BCUT2D eigenvalue weighted by molar-refractivity contribution is 5.76. The standard InChI is InChI=1S/C11H15NO4/c13-10(4-1-5-11(14)15)12-7-6-9-3-2-8-16-9/h2-3,8H,1,4-7H2,(H,12,13)(H,14,15). The van der Waals surface area contributed by atoms with Gasteiger partial charge in [0.25, 0.3) is 0 Å². The molecule has 1 rings (SSSR count). The lowest BCUT2D eigenvalue weighted by Crippen LogP contribution is -2.25. The molecular formula is C11H15NO4. The van der Waals surface area contributed by atoms with Crippen molar-refractivity contribution < 1.29 is 19.1 Å². The lowest BCUT2D eigenvalue weighted by atomic mass is 10.2. The molecule has 0 radical (unpaired) electrons. The molecule has 0 atom stereocenters. The summed E-state index contributed by atoms with van der Waals surface area (Å²) in [6, 6.07) is 3.64. The molecule has 0 aliphatic heterocycles. The molecule has 1 heterocycles. The van der Waals surface area contributed by atoms with Gasteiger partial charge in [-0.05, 0) is 18.6 Å². The van der Waals surface area contributed by atoms with Crippen molar-refractivity contribution in [3.8, 4) is 0 Å². The number of amides is 1. The second-order valence-corrected chi connectivity index (χ2v) is 3.43. The number of carbonyl (C=O) groups is 2. The molecular weight excluding hydrogens is 210 g/mol. The SMILES string of the molecule is O=C(O)CCCC(=O)NCCc1ccco1. The van der Waals surface area contributed by atoms with Crippen LogP contribution in [0.15, 0.2) is 22.8 Å². The first kappa shape index (κ1) is 12.3. The van der Waals surface area contributed by atoms with Crippen molar-refractivity contribution in [1.29, 1.82) is 0 Å². The Balaban J connectivity index is 2.04. The normalized spacial score (nSPS) is 10.0. The summed E-state index contributed by atoms with van der Waals surface area (Å²) in [6.07, 6.45) is 2.90. The predicted octanol–water partition coefficient (Wildman–Crippen LogP) is 1.19. The van der Waals surface area contributed by atoms with E-state index in [1.54, 1.807) is 12.3 Å². The zero-order valence-electron chi connectivity index (χ0n) is 8.94. The maximum atomic E-state index is 11.2. The average Bonchev–Trinajstić information content (AvgIpc) is 2.70. The minimum absolute atomic E-state index is 0.0333. The molecule has 0 saturated carbocycles. The van der Waals surface area contributed by atoms with E-state index in [1.165, 1.54) is 0 Å². The van der Waals surface area contributed by atoms with Crippen LogP contribution in [0.3, 0.4) is 0 Å². The number of nitrogens with one attached hydrogen (secondary N) is 1. The van der Waals surface area contributed by atoms with Gasteiger partial charge in [-0.3, -0.25) is 9.59 Å². The first-order chi connectivity index (χ1) is 7.68. The van der Waals surface area contributed by atoms with E-state index >= 15 is 0 Å². The number of rotatable bonds is 7. The lowest BCUT2D eigenvalue weighted by Gasteiger charge is -2.02. The number of carbonyl (C=O) groups excluding carboxylic acids is 1. The molecule has 5 nitrogen and oxygen atoms in total. The maximum absolute atomic E-state index is 11.2. The van der Waals surface area contributed by atoms with Crippen LogP contribution in [0.1, 0.15) is 25.0 Å². The summed E-state index contributed by atoms with van der Waals surface area (Å²) in [5, 5.41) is 11.1. The summed E-state index contributed by atoms with van der Waals surface area (Å²) >= 11 is 0. The molecule has 1 aromatic rings. The molecule has 0 saturated heterocycles. The second-order valence-electron chi connectivity index (χ2n) is 3.43. The van der Waals surface area contributed by atoms with Crippen molar-refractivity contribution >= 4 is 11.9 Å². The Bertz CT molecular complexity index is 332. The topological polar surface area (TPSA) is 79.5 Å². The summed E-state index contributed by atoms with van der Waals surface area (Å²) in [5.41, 5.74) is 0. The number of carboxylic acid groups (broad SMARTS) is 1. The Labute approximate surface area is 93.4 Å². The first-order valence-electron chi connectivity index (χ1n) is 5.19. The summed E-state index contributed by atoms with van der Waals surface area (Å²) in [6.45, 7) is 0.513. The molecule has 0 bridgehead atoms. The fraction of sp³-hybridized carbons (Fsp3) is 0.455. The van der Waals surface area contributed by atoms with E-state index in [-0.39, 0.29) is 18.7 Å². The summed E-state index contributed by atoms with van der Waals surface area (Å²) < 4.78 is 5.10. The van der Waals surface area contributed by atoms with Gasteiger partial charge in [0.1, 0.15) is 5.76 Å². The van der Waals surface area contributed by atoms with E-state index in [0.717, 1.165) is 5.76 Å². The third kappa shape index (κ3) is 5.19. The molecule has 5 heteroatoms. The molecule has 88 valence electrons. The highest BCUT2D eigenvalue weighted by atomic mass is 16.4. The first-order valence-corrected chi connectivity index (χ1v) is 5.19. The van der Waals surface area contributed by atoms with Gasteiger partial charge in [-0.1, -0.05) is 0 Å². The molecule has 0 fully saturated rings. The third-order valence-electron chi connectivity index (χ3n) is 2.07.